The van der Waals surface area contributed by atoms with Gasteiger partial charge in [-0.25, -0.2) is 4.79 Å². The summed E-state index contributed by atoms with van der Waals surface area (Å²) in [5.41, 5.74) is 8.11. The molecule has 0 radical (unpaired) electrons. The number of hydrogen-bond donors (Lipinski definition) is 3. The predicted molar refractivity (Wildman–Crippen MR) is 81.5 cm³/mol. The van der Waals surface area contributed by atoms with Gasteiger partial charge in [0, 0.05) is 10.9 Å². The van der Waals surface area contributed by atoms with Crippen LogP contribution in [0.3, 0.4) is 0 Å². The summed E-state index contributed by atoms with van der Waals surface area (Å²) in [5, 5.41) is 7.56. The fourth-order valence-electron chi connectivity index (χ4n) is 1.68. The van der Waals surface area contributed by atoms with Crippen molar-refractivity contribution in [2.45, 2.75) is 19.9 Å². The number of hydrogen-bond acceptors (Lipinski definition) is 3. The molecule has 0 bridgehead atoms. The van der Waals surface area contributed by atoms with Crippen LogP contribution < -0.4 is 16.4 Å². The molecule has 100 valence electrons. The van der Waals surface area contributed by atoms with Gasteiger partial charge in [0.15, 0.2) is 0 Å². The number of amides is 2. The molecule has 4 N–H and O–H groups in total. The SMILES string of the molecule is CC(C)NC(=O)Nc1cc(-c2cccs2)ccc1N. The molecule has 2 amide bonds. The van der Waals surface area contributed by atoms with Crippen LogP contribution in [-0.2, 0) is 0 Å². The Morgan fingerprint density at radius 1 is 1.32 bits per heavy atom. The lowest BCUT2D eigenvalue weighted by Gasteiger charge is -2.12. The summed E-state index contributed by atoms with van der Waals surface area (Å²) in [6.45, 7) is 3.82. The molecule has 0 fully saturated rings. The number of benzene rings is 1. The molecule has 0 unspecified atom stereocenters. The fraction of sp³-hybridized carbons (Fsp3) is 0.214. The molecular weight excluding hydrogens is 258 g/mol. The number of anilines is 2. The third-order valence-electron chi connectivity index (χ3n) is 2.53. The smallest absolute Gasteiger partial charge is 0.319 e. The average Bonchev–Trinajstić information content (AvgIpc) is 2.84. The minimum absolute atomic E-state index is 0.0849. The maximum atomic E-state index is 11.7. The van der Waals surface area contributed by atoms with E-state index < -0.39 is 0 Å². The van der Waals surface area contributed by atoms with Crippen LogP contribution in [-0.4, -0.2) is 12.1 Å². The van der Waals surface area contributed by atoms with Crippen LogP contribution in [0.4, 0.5) is 16.2 Å². The maximum Gasteiger partial charge on any atom is 0.319 e. The highest BCUT2D eigenvalue weighted by Gasteiger charge is 2.08. The van der Waals surface area contributed by atoms with Crippen LogP contribution >= 0.6 is 11.3 Å². The lowest BCUT2D eigenvalue weighted by molar-refractivity contribution is 0.250. The van der Waals surface area contributed by atoms with Gasteiger partial charge in [0.05, 0.1) is 11.4 Å². The van der Waals surface area contributed by atoms with Crippen molar-refractivity contribution in [3.63, 3.8) is 0 Å². The lowest BCUT2D eigenvalue weighted by atomic mass is 10.1. The topological polar surface area (TPSA) is 67.2 Å². The number of thiophene rings is 1. The zero-order valence-corrected chi connectivity index (χ0v) is 11.8. The van der Waals surface area contributed by atoms with E-state index in [-0.39, 0.29) is 12.1 Å². The first-order chi connectivity index (χ1) is 9.06. The fourth-order valence-corrected chi connectivity index (χ4v) is 2.41. The van der Waals surface area contributed by atoms with Gasteiger partial charge in [0.25, 0.3) is 0 Å². The number of urea groups is 1. The second-order valence-electron chi connectivity index (χ2n) is 4.53. The van der Waals surface area contributed by atoms with Crippen molar-refractivity contribution in [2.75, 3.05) is 11.1 Å². The first-order valence-corrected chi connectivity index (χ1v) is 6.95. The highest BCUT2D eigenvalue weighted by Crippen LogP contribution is 2.30. The molecule has 1 aromatic heterocycles. The summed E-state index contributed by atoms with van der Waals surface area (Å²) in [5.74, 6) is 0. The van der Waals surface area contributed by atoms with Gasteiger partial charge in [-0.2, -0.15) is 0 Å². The van der Waals surface area contributed by atoms with Crippen molar-refractivity contribution in [1.29, 1.82) is 0 Å². The Morgan fingerprint density at radius 3 is 2.74 bits per heavy atom. The van der Waals surface area contributed by atoms with E-state index in [0.29, 0.717) is 11.4 Å². The molecule has 0 saturated heterocycles. The van der Waals surface area contributed by atoms with E-state index in [9.17, 15) is 4.79 Å². The largest absolute Gasteiger partial charge is 0.397 e. The van der Waals surface area contributed by atoms with Crippen molar-refractivity contribution in [3.05, 3.63) is 35.7 Å². The first-order valence-electron chi connectivity index (χ1n) is 6.07. The molecule has 1 aromatic carbocycles. The van der Waals surface area contributed by atoms with Crippen molar-refractivity contribution in [1.82, 2.24) is 5.32 Å². The monoisotopic (exact) mass is 275 g/mol. The Balaban J connectivity index is 2.20. The molecule has 0 saturated carbocycles. The highest BCUT2D eigenvalue weighted by molar-refractivity contribution is 7.13. The number of carbonyl (C=O) groups excluding carboxylic acids is 1. The van der Waals surface area contributed by atoms with Gasteiger partial charge in [-0.3, -0.25) is 0 Å². The Morgan fingerprint density at radius 2 is 2.11 bits per heavy atom. The Kier molecular flexibility index (Phi) is 4.06. The van der Waals surface area contributed by atoms with E-state index in [1.54, 1.807) is 17.4 Å². The summed E-state index contributed by atoms with van der Waals surface area (Å²) in [6, 6.07) is 9.52. The molecule has 1 heterocycles. The van der Waals surface area contributed by atoms with Crippen LogP contribution in [0.25, 0.3) is 10.4 Å². The van der Waals surface area contributed by atoms with Gasteiger partial charge in [0.2, 0.25) is 0 Å². The van der Waals surface area contributed by atoms with Crippen LogP contribution in [0.15, 0.2) is 35.7 Å². The van der Waals surface area contributed by atoms with E-state index in [1.165, 1.54) is 0 Å². The van der Waals surface area contributed by atoms with Crippen LogP contribution in [0.2, 0.25) is 0 Å². The summed E-state index contributed by atoms with van der Waals surface area (Å²) in [6.07, 6.45) is 0. The Labute approximate surface area is 116 Å². The average molecular weight is 275 g/mol. The van der Waals surface area contributed by atoms with Gasteiger partial charge in [-0.15, -0.1) is 11.3 Å². The quantitative estimate of drug-likeness (QED) is 0.750. The van der Waals surface area contributed by atoms with Crippen molar-refractivity contribution in [3.8, 4) is 10.4 Å². The van der Waals surface area contributed by atoms with Crippen LogP contribution in [0.5, 0.6) is 0 Å². The number of nitrogen functional groups attached to an aromatic ring is 1. The highest BCUT2D eigenvalue weighted by atomic mass is 32.1. The van der Waals surface area contributed by atoms with Gasteiger partial charge in [-0.05, 0) is 43.0 Å². The molecule has 5 heteroatoms. The van der Waals surface area contributed by atoms with Crippen molar-refractivity contribution >= 4 is 28.7 Å². The van der Waals surface area contributed by atoms with Crippen LogP contribution in [0.1, 0.15) is 13.8 Å². The van der Waals surface area contributed by atoms with Gasteiger partial charge in [0.1, 0.15) is 0 Å². The summed E-state index contributed by atoms with van der Waals surface area (Å²) < 4.78 is 0. The zero-order valence-electron chi connectivity index (χ0n) is 10.9. The molecule has 0 atom stereocenters. The van der Waals surface area contributed by atoms with Crippen LogP contribution in [0, 0.1) is 0 Å². The minimum Gasteiger partial charge on any atom is -0.397 e. The summed E-state index contributed by atoms with van der Waals surface area (Å²) in [4.78, 5) is 12.8. The zero-order chi connectivity index (χ0) is 13.8. The number of carbonyl (C=O) groups is 1. The second kappa shape index (κ2) is 5.75. The van der Waals surface area contributed by atoms with E-state index in [1.807, 2.05) is 43.5 Å². The third-order valence-corrected chi connectivity index (χ3v) is 3.45. The van der Waals surface area contributed by atoms with E-state index >= 15 is 0 Å². The Hall–Kier alpha value is -2.01. The normalized spacial score (nSPS) is 10.5. The van der Waals surface area contributed by atoms with Crippen molar-refractivity contribution in [2.24, 2.45) is 0 Å². The van der Waals surface area contributed by atoms with Gasteiger partial charge in [-0.1, -0.05) is 12.1 Å². The molecule has 0 aliphatic carbocycles. The Bertz CT molecular complexity index is 564. The van der Waals surface area contributed by atoms with E-state index in [2.05, 4.69) is 10.6 Å². The van der Waals surface area contributed by atoms with E-state index in [4.69, 9.17) is 5.73 Å². The van der Waals surface area contributed by atoms with Gasteiger partial charge < -0.3 is 16.4 Å². The van der Waals surface area contributed by atoms with Crippen molar-refractivity contribution < 1.29 is 4.79 Å². The number of nitrogens with one attached hydrogen (secondary N) is 2. The summed E-state index contributed by atoms with van der Waals surface area (Å²) in [7, 11) is 0. The molecule has 2 aromatic rings. The lowest BCUT2D eigenvalue weighted by Crippen LogP contribution is -2.34. The molecule has 0 aliphatic heterocycles. The second-order valence-corrected chi connectivity index (χ2v) is 5.48. The molecule has 4 nitrogen and oxygen atoms in total. The molecule has 2 rings (SSSR count). The molecule has 0 aliphatic rings. The van der Waals surface area contributed by atoms with E-state index in [0.717, 1.165) is 10.4 Å². The molecular formula is C14H17N3OS. The molecule has 0 spiro atoms. The standard InChI is InChI=1S/C14H17N3OS/c1-9(2)16-14(18)17-12-8-10(5-6-11(12)15)13-4-3-7-19-13/h3-9H,15H2,1-2H3,(H2,16,17,18). The first kappa shape index (κ1) is 13.4. The third kappa shape index (κ3) is 3.48. The predicted octanol–water partition coefficient (Wildman–Crippen LogP) is 3.53. The van der Waals surface area contributed by atoms with Gasteiger partial charge >= 0.3 is 6.03 Å². The number of rotatable bonds is 3. The number of nitrogens with two attached hydrogens (primary N) is 1. The molecule has 19 heavy (non-hydrogen) atoms. The minimum atomic E-state index is -0.245. The summed E-state index contributed by atoms with van der Waals surface area (Å²) >= 11 is 1.65. The maximum absolute atomic E-state index is 11.7.